The van der Waals surface area contributed by atoms with Gasteiger partial charge in [-0.05, 0) is 43.7 Å². The Balaban J connectivity index is 1.32. The zero-order valence-corrected chi connectivity index (χ0v) is 16.7. The Morgan fingerprint density at radius 2 is 1.97 bits per heavy atom. The zero-order chi connectivity index (χ0) is 20.3. The van der Waals surface area contributed by atoms with Crippen molar-refractivity contribution < 1.29 is 18.8 Å². The van der Waals surface area contributed by atoms with Crippen molar-refractivity contribution >= 4 is 5.82 Å². The number of pyridine rings is 1. The van der Waals surface area contributed by atoms with Gasteiger partial charge in [-0.3, -0.25) is 4.90 Å². The quantitative estimate of drug-likeness (QED) is 0.655. The molecule has 0 aromatic carbocycles. The molecule has 5 heterocycles. The monoisotopic (exact) mass is 411 g/mol. The Morgan fingerprint density at radius 1 is 1.10 bits per heavy atom. The first kappa shape index (κ1) is 19.2. The molecule has 2 saturated heterocycles. The van der Waals surface area contributed by atoms with Crippen LogP contribution in [-0.4, -0.2) is 58.0 Å². The summed E-state index contributed by atoms with van der Waals surface area (Å²) in [6, 6.07) is 7.69. The number of hydrogen-bond acceptors (Lipinski definition) is 9. The number of morpholine rings is 1. The third-order valence-electron chi connectivity index (χ3n) is 5.66. The first-order valence-corrected chi connectivity index (χ1v) is 10.4. The lowest BCUT2D eigenvalue weighted by atomic mass is 10.2. The lowest BCUT2D eigenvalue weighted by molar-refractivity contribution is 0.122. The van der Waals surface area contributed by atoms with E-state index in [1.165, 1.54) is 0 Å². The lowest BCUT2D eigenvalue weighted by Gasteiger charge is -2.27. The molecule has 9 nitrogen and oxygen atoms in total. The number of furan rings is 1. The van der Waals surface area contributed by atoms with Gasteiger partial charge in [0.25, 0.3) is 0 Å². The maximum atomic E-state index is 9.20. The molecule has 3 aromatic heterocycles. The Labute approximate surface area is 174 Å². The van der Waals surface area contributed by atoms with Crippen LogP contribution in [0.1, 0.15) is 36.3 Å². The summed E-state index contributed by atoms with van der Waals surface area (Å²) in [5.41, 5.74) is 0.893. The fourth-order valence-corrected chi connectivity index (χ4v) is 4.10. The highest BCUT2D eigenvalue weighted by Crippen LogP contribution is 2.33. The van der Waals surface area contributed by atoms with Crippen LogP contribution in [0.15, 0.2) is 39.4 Å². The Morgan fingerprint density at radius 3 is 2.80 bits per heavy atom. The minimum Gasteiger partial charge on any atom is -0.462 e. The van der Waals surface area contributed by atoms with Crippen LogP contribution in [0.25, 0.3) is 11.4 Å². The first-order valence-electron chi connectivity index (χ1n) is 10.4. The van der Waals surface area contributed by atoms with Gasteiger partial charge in [0.2, 0.25) is 11.7 Å². The van der Waals surface area contributed by atoms with E-state index >= 15 is 0 Å². The second kappa shape index (κ2) is 8.55. The number of aromatic nitrogens is 3. The molecule has 2 aliphatic rings. The van der Waals surface area contributed by atoms with Crippen LogP contribution in [0.3, 0.4) is 0 Å². The molecule has 5 rings (SSSR count). The highest BCUT2D eigenvalue weighted by molar-refractivity contribution is 5.59. The van der Waals surface area contributed by atoms with E-state index in [0.29, 0.717) is 37.2 Å². The second-order valence-electron chi connectivity index (χ2n) is 7.61. The van der Waals surface area contributed by atoms with Crippen LogP contribution in [0.4, 0.5) is 5.82 Å². The predicted octanol–water partition coefficient (Wildman–Crippen LogP) is 2.39. The second-order valence-corrected chi connectivity index (χ2v) is 7.61. The van der Waals surface area contributed by atoms with Crippen molar-refractivity contribution in [3.63, 3.8) is 0 Å². The summed E-state index contributed by atoms with van der Waals surface area (Å²) in [5, 5.41) is 13.4. The molecule has 0 saturated carbocycles. The molecule has 9 heteroatoms. The van der Waals surface area contributed by atoms with Gasteiger partial charge in [-0.25, -0.2) is 4.98 Å². The number of ether oxygens (including phenoxy) is 1. The number of aliphatic hydroxyl groups is 1. The molecule has 1 unspecified atom stereocenters. The molecule has 0 amide bonds. The van der Waals surface area contributed by atoms with Crippen LogP contribution in [-0.2, 0) is 17.9 Å². The molecule has 3 aromatic rings. The van der Waals surface area contributed by atoms with Crippen molar-refractivity contribution in [1.82, 2.24) is 20.0 Å². The third-order valence-corrected chi connectivity index (χ3v) is 5.66. The molecule has 2 aliphatic heterocycles. The van der Waals surface area contributed by atoms with Gasteiger partial charge in [-0.1, -0.05) is 5.16 Å². The molecule has 2 fully saturated rings. The lowest BCUT2D eigenvalue weighted by Crippen LogP contribution is -2.36. The number of nitrogens with zero attached hydrogens (tertiary/aromatic N) is 5. The maximum absolute atomic E-state index is 9.20. The molecule has 158 valence electrons. The fourth-order valence-electron chi connectivity index (χ4n) is 4.10. The molecule has 0 aliphatic carbocycles. The van der Waals surface area contributed by atoms with Crippen LogP contribution in [0.5, 0.6) is 0 Å². The third kappa shape index (κ3) is 3.96. The molecule has 0 spiro atoms. The predicted molar refractivity (Wildman–Crippen MR) is 108 cm³/mol. The van der Waals surface area contributed by atoms with Gasteiger partial charge in [0.15, 0.2) is 0 Å². The summed E-state index contributed by atoms with van der Waals surface area (Å²) in [4.78, 5) is 13.7. The van der Waals surface area contributed by atoms with Crippen LogP contribution >= 0.6 is 0 Å². The van der Waals surface area contributed by atoms with Gasteiger partial charge in [0.05, 0.1) is 25.8 Å². The minimum atomic E-state index is -0.0885. The van der Waals surface area contributed by atoms with Gasteiger partial charge in [0, 0.05) is 24.8 Å². The molecule has 0 radical (unpaired) electrons. The number of anilines is 1. The molecule has 1 atom stereocenters. The van der Waals surface area contributed by atoms with E-state index in [1.54, 1.807) is 12.3 Å². The van der Waals surface area contributed by atoms with Crippen molar-refractivity contribution in [2.45, 2.75) is 32.0 Å². The minimum absolute atomic E-state index is 0.0643. The summed E-state index contributed by atoms with van der Waals surface area (Å²) in [5.74, 6) is 3.52. The van der Waals surface area contributed by atoms with Crippen molar-refractivity contribution in [1.29, 1.82) is 0 Å². The Kier molecular flexibility index (Phi) is 5.48. The van der Waals surface area contributed by atoms with Crippen LogP contribution < -0.4 is 4.90 Å². The fraction of sp³-hybridized carbons (Fsp3) is 0.476. The first-order chi connectivity index (χ1) is 14.8. The Bertz CT molecular complexity index is 981. The van der Waals surface area contributed by atoms with E-state index in [2.05, 4.69) is 19.9 Å². The number of aliphatic hydroxyl groups excluding tert-OH is 1. The summed E-state index contributed by atoms with van der Waals surface area (Å²) >= 11 is 0. The molecular weight excluding hydrogens is 386 g/mol. The van der Waals surface area contributed by atoms with Gasteiger partial charge >= 0.3 is 0 Å². The average molecular weight is 411 g/mol. The van der Waals surface area contributed by atoms with E-state index in [4.69, 9.17) is 18.7 Å². The van der Waals surface area contributed by atoms with Gasteiger partial charge in [-0.15, -0.1) is 0 Å². The normalized spacial score (nSPS) is 20.2. The van der Waals surface area contributed by atoms with Crippen LogP contribution in [0, 0.1) is 0 Å². The summed E-state index contributed by atoms with van der Waals surface area (Å²) in [6.45, 7) is 4.59. The van der Waals surface area contributed by atoms with Crippen molar-refractivity contribution in [3.8, 4) is 11.4 Å². The zero-order valence-electron chi connectivity index (χ0n) is 16.7. The average Bonchev–Trinajstić information content (AvgIpc) is 3.55. The molecular formula is C21H25N5O4. The van der Waals surface area contributed by atoms with Crippen molar-refractivity contribution in [3.05, 3.63) is 47.9 Å². The molecule has 1 N–H and O–H groups in total. The van der Waals surface area contributed by atoms with E-state index in [9.17, 15) is 5.11 Å². The number of likely N-dealkylation sites (tertiary alicyclic amines) is 1. The number of rotatable bonds is 6. The van der Waals surface area contributed by atoms with E-state index in [0.717, 1.165) is 49.6 Å². The molecule has 0 bridgehead atoms. The largest absolute Gasteiger partial charge is 0.462 e. The summed E-state index contributed by atoms with van der Waals surface area (Å²) in [6.07, 6.45) is 3.81. The maximum Gasteiger partial charge on any atom is 0.244 e. The molecule has 30 heavy (non-hydrogen) atoms. The van der Waals surface area contributed by atoms with E-state index in [-0.39, 0.29) is 12.6 Å². The van der Waals surface area contributed by atoms with Gasteiger partial charge in [-0.2, -0.15) is 4.98 Å². The number of hydrogen-bond donors (Lipinski definition) is 1. The van der Waals surface area contributed by atoms with Gasteiger partial charge in [0.1, 0.15) is 23.9 Å². The Hall–Kier alpha value is -2.75. The standard InChI is InChI=1S/C21H25N5O4/c27-14-17-4-3-16(29-17)13-26-7-1-2-18(26)21-23-20(24-30-21)15-5-6-22-19(12-15)25-8-10-28-11-9-25/h3-6,12,18,27H,1-2,7-11,13-14H2. The van der Waals surface area contributed by atoms with Crippen molar-refractivity contribution in [2.24, 2.45) is 0 Å². The van der Waals surface area contributed by atoms with Crippen molar-refractivity contribution in [2.75, 3.05) is 37.7 Å². The van der Waals surface area contributed by atoms with Gasteiger partial charge < -0.3 is 23.7 Å². The van der Waals surface area contributed by atoms with Crippen LogP contribution in [0.2, 0.25) is 0 Å². The summed E-state index contributed by atoms with van der Waals surface area (Å²) < 4.78 is 16.7. The topological polar surface area (TPSA) is 101 Å². The highest BCUT2D eigenvalue weighted by Gasteiger charge is 2.31. The van der Waals surface area contributed by atoms with E-state index < -0.39 is 0 Å². The highest BCUT2D eigenvalue weighted by atomic mass is 16.5. The summed E-state index contributed by atoms with van der Waals surface area (Å²) in [7, 11) is 0. The SMILES string of the molecule is OCc1ccc(CN2CCCC2c2nc(-c3ccnc(N4CCOCC4)c3)no2)o1. The smallest absolute Gasteiger partial charge is 0.244 e. The van der Waals surface area contributed by atoms with E-state index in [1.807, 2.05) is 18.2 Å².